The number of hydrogen-bond acceptors (Lipinski definition) is 4. The van der Waals surface area contributed by atoms with Gasteiger partial charge in [0.05, 0.1) is 37.5 Å². The van der Waals surface area contributed by atoms with Crippen LogP contribution in [-0.2, 0) is 16.0 Å². The third kappa shape index (κ3) is 4.17. The smallest absolute Gasteiger partial charge is 0.228 e. The second-order valence-electron chi connectivity index (χ2n) is 6.87. The second kappa shape index (κ2) is 9.08. The number of ether oxygens (including phenoxy) is 2. The summed E-state index contributed by atoms with van der Waals surface area (Å²) in [5, 5.41) is 5.92. The lowest BCUT2D eigenvalue weighted by molar-refractivity contribution is -0.134. The predicted molar refractivity (Wildman–Crippen MR) is 117 cm³/mol. The van der Waals surface area contributed by atoms with E-state index in [4.69, 9.17) is 37.8 Å². The van der Waals surface area contributed by atoms with Gasteiger partial charge in [0.25, 0.3) is 0 Å². The van der Waals surface area contributed by atoms with E-state index in [1.807, 2.05) is 30.3 Å². The number of amides is 1. The van der Waals surface area contributed by atoms with Gasteiger partial charge in [0.2, 0.25) is 5.91 Å². The first kappa shape index (κ1) is 20.7. The van der Waals surface area contributed by atoms with Crippen LogP contribution in [0.25, 0.3) is 16.9 Å². The number of hydrogen-bond donors (Lipinski definition) is 0. The molecule has 0 atom stereocenters. The van der Waals surface area contributed by atoms with Gasteiger partial charge in [-0.15, -0.1) is 0 Å². The fraction of sp³-hybridized carbons (Fsp3) is 0.273. The standard InChI is InChI=1S/C22H21Cl2N3O3/c1-29-22-18(14-20(28)26-10-12-30-13-11-26)25-27(19-5-3-2-4-17(19)24)21(22)15-6-8-16(23)9-7-15/h2-9H,10-14H2,1H3. The average Bonchev–Trinajstić information content (AvgIpc) is 3.13. The van der Waals surface area contributed by atoms with Crippen LogP contribution in [0.2, 0.25) is 10.0 Å². The molecule has 0 spiro atoms. The third-order valence-electron chi connectivity index (χ3n) is 4.99. The molecule has 1 aliphatic heterocycles. The maximum absolute atomic E-state index is 12.9. The number of morpholine rings is 1. The number of carbonyl (C=O) groups excluding carboxylic acids is 1. The molecule has 3 aromatic rings. The molecule has 8 heteroatoms. The quantitative estimate of drug-likeness (QED) is 0.588. The highest BCUT2D eigenvalue weighted by Crippen LogP contribution is 2.37. The summed E-state index contributed by atoms with van der Waals surface area (Å²) in [5.74, 6) is 0.530. The Kier molecular flexibility index (Phi) is 6.27. The predicted octanol–water partition coefficient (Wildman–Crippen LogP) is 4.26. The van der Waals surface area contributed by atoms with Crippen LogP contribution in [0.1, 0.15) is 5.69 Å². The van der Waals surface area contributed by atoms with Crippen molar-refractivity contribution in [2.75, 3.05) is 33.4 Å². The normalized spacial score (nSPS) is 14.0. The first-order valence-electron chi connectivity index (χ1n) is 9.60. The maximum Gasteiger partial charge on any atom is 0.228 e. The largest absolute Gasteiger partial charge is 0.492 e. The number of nitrogens with zero attached hydrogens (tertiary/aromatic N) is 3. The van der Waals surface area contributed by atoms with Crippen LogP contribution in [0.3, 0.4) is 0 Å². The molecule has 0 unspecified atom stereocenters. The van der Waals surface area contributed by atoms with Crippen molar-refractivity contribution in [1.82, 2.24) is 14.7 Å². The van der Waals surface area contributed by atoms with Crippen LogP contribution < -0.4 is 4.74 Å². The summed E-state index contributed by atoms with van der Waals surface area (Å²) in [6.45, 7) is 2.26. The molecule has 0 bridgehead atoms. The van der Waals surface area contributed by atoms with Crippen LogP contribution in [-0.4, -0.2) is 54.0 Å². The van der Waals surface area contributed by atoms with Crippen LogP contribution in [0.4, 0.5) is 0 Å². The van der Waals surface area contributed by atoms with Gasteiger partial charge in [0.1, 0.15) is 11.4 Å². The van der Waals surface area contributed by atoms with Gasteiger partial charge in [0.15, 0.2) is 5.75 Å². The zero-order chi connectivity index (χ0) is 21.1. The Morgan fingerprint density at radius 3 is 2.47 bits per heavy atom. The molecular formula is C22H21Cl2N3O3. The molecule has 0 N–H and O–H groups in total. The van der Waals surface area contributed by atoms with Crippen LogP contribution >= 0.6 is 23.2 Å². The number of carbonyl (C=O) groups is 1. The maximum atomic E-state index is 12.9. The van der Waals surface area contributed by atoms with E-state index in [0.717, 1.165) is 5.56 Å². The van der Waals surface area contributed by atoms with Crippen molar-refractivity contribution >= 4 is 29.1 Å². The van der Waals surface area contributed by atoms with Gasteiger partial charge in [-0.3, -0.25) is 4.79 Å². The number of rotatable bonds is 5. The van der Waals surface area contributed by atoms with Crippen molar-refractivity contribution in [3.8, 4) is 22.7 Å². The van der Waals surface area contributed by atoms with Crippen LogP contribution in [0, 0.1) is 0 Å². The van der Waals surface area contributed by atoms with Crippen molar-refractivity contribution in [3.05, 3.63) is 64.3 Å². The van der Waals surface area contributed by atoms with E-state index in [-0.39, 0.29) is 12.3 Å². The Hall–Kier alpha value is -2.54. The second-order valence-corrected chi connectivity index (χ2v) is 7.71. The molecule has 1 amide bonds. The molecule has 0 saturated carbocycles. The summed E-state index contributed by atoms with van der Waals surface area (Å²) in [7, 11) is 1.58. The SMILES string of the molecule is COc1c(CC(=O)N2CCOCC2)nn(-c2ccccc2Cl)c1-c1ccc(Cl)cc1. The fourth-order valence-electron chi connectivity index (χ4n) is 3.51. The molecule has 30 heavy (non-hydrogen) atoms. The summed E-state index contributed by atoms with van der Waals surface area (Å²) in [4.78, 5) is 14.7. The summed E-state index contributed by atoms with van der Waals surface area (Å²) in [6.07, 6.45) is 0.126. The number of para-hydroxylation sites is 1. The number of aromatic nitrogens is 2. The summed E-state index contributed by atoms with van der Waals surface area (Å²) in [5.41, 5.74) is 2.83. The van der Waals surface area contributed by atoms with E-state index in [1.165, 1.54) is 0 Å². The van der Waals surface area contributed by atoms with E-state index < -0.39 is 0 Å². The fourth-order valence-corrected chi connectivity index (χ4v) is 3.85. The van der Waals surface area contributed by atoms with E-state index in [2.05, 4.69) is 0 Å². The lowest BCUT2D eigenvalue weighted by atomic mass is 10.1. The summed E-state index contributed by atoms with van der Waals surface area (Å²) >= 11 is 12.5. The van der Waals surface area contributed by atoms with Crippen molar-refractivity contribution in [1.29, 1.82) is 0 Å². The van der Waals surface area contributed by atoms with Crippen LogP contribution in [0.5, 0.6) is 5.75 Å². The number of methoxy groups -OCH3 is 1. The Balaban J connectivity index is 1.81. The molecule has 1 fully saturated rings. The zero-order valence-electron chi connectivity index (χ0n) is 16.5. The molecule has 156 valence electrons. The zero-order valence-corrected chi connectivity index (χ0v) is 18.0. The molecule has 6 nitrogen and oxygen atoms in total. The minimum Gasteiger partial charge on any atom is -0.492 e. The van der Waals surface area contributed by atoms with Crippen molar-refractivity contribution in [2.45, 2.75) is 6.42 Å². The van der Waals surface area contributed by atoms with Crippen molar-refractivity contribution < 1.29 is 14.3 Å². The molecule has 2 heterocycles. The molecule has 1 aliphatic rings. The Morgan fingerprint density at radius 1 is 1.10 bits per heavy atom. The van der Waals surface area contributed by atoms with E-state index in [0.29, 0.717) is 59.2 Å². The Bertz CT molecular complexity index is 1040. The molecule has 2 aromatic carbocycles. The minimum absolute atomic E-state index is 0.0111. The van der Waals surface area contributed by atoms with Gasteiger partial charge in [-0.05, 0) is 24.3 Å². The minimum atomic E-state index is -0.0111. The molecule has 1 saturated heterocycles. The van der Waals surface area contributed by atoms with Gasteiger partial charge in [-0.25, -0.2) is 4.68 Å². The monoisotopic (exact) mass is 445 g/mol. The van der Waals surface area contributed by atoms with Crippen molar-refractivity contribution in [2.24, 2.45) is 0 Å². The topological polar surface area (TPSA) is 56.6 Å². The molecule has 4 rings (SSSR count). The molecule has 0 aliphatic carbocycles. The third-order valence-corrected chi connectivity index (χ3v) is 5.57. The van der Waals surface area contributed by atoms with Gasteiger partial charge < -0.3 is 14.4 Å². The first-order valence-corrected chi connectivity index (χ1v) is 10.4. The number of halogens is 2. The lowest BCUT2D eigenvalue weighted by Crippen LogP contribution is -2.41. The highest BCUT2D eigenvalue weighted by atomic mass is 35.5. The first-order chi connectivity index (χ1) is 14.6. The van der Waals surface area contributed by atoms with Crippen LogP contribution in [0.15, 0.2) is 48.5 Å². The molecule has 0 radical (unpaired) electrons. The highest BCUT2D eigenvalue weighted by Gasteiger charge is 2.26. The van der Waals surface area contributed by atoms with Gasteiger partial charge in [-0.2, -0.15) is 5.10 Å². The number of benzene rings is 2. The average molecular weight is 446 g/mol. The highest BCUT2D eigenvalue weighted by molar-refractivity contribution is 6.32. The Morgan fingerprint density at radius 2 is 1.80 bits per heavy atom. The molecule has 1 aromatic heterocycles. The van der Waals surface area contributed by atoms with E-state index >= 15 is 0 Å². The molecular weight excluding hydrogens is 425 g/mol. The van der Waals surface area contributed by atoms with Gasteiger partial charge in [0, 0.05) is 23.7 Å². The summed E-state index contributed by atoms with van der Waals surface area (Å²) < 4.78 is 12.8. The van der Waals surface area contributed by atoms with E-state index in [9.17, 15) is 4.79 Å². The summed E-state index contributed by atoms with van der Waals surface area (Å²) in [6, 6.07) is 14.8. The van der Waals surface area contributed by atoms with Crippen molar-refractivity contribution in [3.63, 3.8) is 0 Å². The Labute approximate surface area is 184 Å². The van der Waals surface area contributed by atoms with E-state index in [1.54, 1.807) is 34.9 Å². The lowest BCUT2D eigenvalue weighted by Gasteiger charge is -2.26. The van der Waals surface area contributed by atoms with Gasteiger partial charge in [-0.1, -0.05) is 47.5 Å². The van der Waals surface area contributed by atoms with Gasteiger partial charge >= 0.3 is 0 Å².